The summed E-state index contributed by atoms with van der Waals surface area (Å²) in [7, 11) is 0. The van der Waals surface area contributed by atoms with Crippen LogP contribution in [-0.2, 0) is 0 Å². The zero-order chi connectivity index (χ0) is 15.4. The number of hydrogen-bond donors (Lipinski definition) is 2. The number of aromatic nitrogens is 3. The fraction of sp³-hybridized carbons (Fsp3) is 0.438. The van der Waals surface area contributed by atoms with Crippen molar-refractivity contribution in [2.75, 3.05) is 19.6 Å². The van der Waals surface area contributed by atoms with Gasteiger partial charge in [0.1, 0.15) is 11.4 Å². The molecule has 1 aliphatic rings. The number of nitrogens with one attached hydrogen (secondary N) is 2. The Morgan fingerprint density at radius 1 is 1.45 bits per heavy atom. The molecule has 6 nitrogen and oxygen atoms in total. The van der Waals surface area contributed by atoms with E-state index >= 15 is 0 Å². The fourth-order valence-corrected chi connectivity index (χ4v) is 2.93. The number of nitrogens with zero attached hydrogens (tertiary/aromatic N) is 3. The van der Waals surface area contributed by atoms with Crippen molar-refractivity contribution < 1.29 is 4.79 Å². The van der Waals surface area contributed by atoms with E-state index in [2.05, 4.69) is 32.3 Å². The van der Waals surface area contributed by atoms with Crippen LogP contribution in [0, 0.1) is 0 Å². The molecule has 2 N–H and O–H groups in total. The second-order valence-corrected chi connectivity index (χ2v) is 5.52. The number of pyridine rings is 1. The molecule has 6 heteroatoms. The number of amides is 1. The van der Waals surface area contributed by atoms with Gasteiger partial charge in [0.05, 0.1) is 5.69 Å². The minimum atomic E-state index is -0.113. The summed E-state index contributed by atoms with van der Waals surface area (Å²) in [5.41, 5.74) is 1.91. The predicted molar refractivity (Wildman–Crippen MR) is 84.4 cm³/mol. The zero-order valence-electron chi connectivity index (χ0n) is 12.7. The summed E-state index contributed by atoms with van der Waals surface area (Å²) in [6.07, 6.45) is 4.07. The highest BCUT2D eigenvalue weighted by Gasteiger charge is 2.23. The molecule has 0 unspecified atom stereocenters. The van der Waals surface area contributed by atoms with Crippen molar-refractivity contribution >= 4 is 5.91 Å². The third kappa shape index (κ3) is 3.17. The molecule has 0 radical (unpaired) electrons. The minimum Gasteiger partial charge on any atom is -0.349 e. The number of likely N-dealkylation sites (tertiary alicyclic amines) is 1. The van der Waals surface area contributed by atoms with Crippen molar-refractivity contribution in [3.8, 4) is 11.4 Å². The van der Waals surface area contributed by atoms with Gasteiger partial charge in [-0.2, -0.15) is 5.10 Å². The molecular formula is C16H21N5O. The van der Waals surface area contributed by atoms with E-state index in [1.807, 2.05) is 18.2 Å². The third-order valence-electron chi connectivity index (χ3n) is 4.15. The monoisotopic (exact) mass is 299 g/mol. The van der Waals surface area contributed by atoms with E-state index in [1.165, 1.54) is 6.42 Å². The molecule has 2 aromatic heterocycles. The number of carbonyl (C=O) groups excluding carboxylic acids is 1. The van der Waals surface area contributed by atoms with E-state index in [1.54, 1.807) is 12.3 Å². The SMILES string of the molecule is CCN1CCC[C@H]1CNC(=O)c1cc(-c2ccccn2)n[nH]1. The maximum atomic E-state index is 12.2. The Labute approximate surface area is 129 Å². The highest BCUT2D eigenvalue weighted by molar-refractivity contribution is 5.93. The minimum absolute atomic E-state index is 0.113. The van der Waals surface area contributed by atoms with Gasteiger partial charge in [-0.25, -0.2) is 0 Å². The first-order valence-electron chi connectivity index (χ1n) is 7.77. The van der Waals surface area contributed by atoms with Gasteiger partial charge < -0.3 is 5.32 Å². The molecule has 116 valence electrons. The number of rotatable bonds is 5. The van der Waals surface area contributed by atoms with Crippen molar-refractivity contribution in [2.45, 2.75) is 25.8 Å². The van der Waals surface area contributed by atoms with Crippen LogP contribution in [0.4, 0.5) is 0 Å². The Kier molecular flexibility index (Phi) is 4.48. The predicted octanol–water partition coefficient (Wildman–Crippen LogP) is 1.69. The maximum absolute atomic E-state index is 12.2. The zero-order valence-corrected chi connectivity index (χ0v) is 12.7. The first kappa shape index (κ1) is 14.7. The van der Waals surface area contributed by atoms with Crippen LogP contribution < -0.4 is 5.32 Å². The van der Waals surface area contributed by atoms with Gasteiger partial charge in [0.15, 0.2) is 0 Å². The van der Waals surface area contributed by atoms with Crippen molar-refractivity contribution in [3.05, 3.63) is 36.2 Å². The number of likely N-dealkylation sites (N-methyl/N-ethyl adjacent to an activating group) is 1. The lowest BCUT2D eigenvalue weighted by atomic mass is 10.2. The molecule has 1 fully saturated rings. The average molecular weight is 299 g/mol. The first-order valence-corrected chi connectivity index (χ1v) is 7.77. The van der Waals surface area contributed by atoms with Gasteiger partial charge in [-0.1, -0.05) is 13.0 Å². The smallest absolute Gasteiger partial charge is 0.269 e. The van der Waals surface area contributed by atoms with E-state index in [9.17, 15) is 4.79 Å². The molecule has 0 saturated carbocycles. The quantitative estimate of drug-likeness (QED) is 0.881. The molecule has 2 aromatic rings. The van der Waals surface area contributed by atoms with Crippen molar-refractivity contribution in [2.24, 2.45) is 0 Å². The Morgan fingerprint density at radius 2 is 2.36 bits per heavy atom. The lowest BCUT2D eigenvalue weighted by Crippen LogP contribution is -2.40. The lowest BCUT2D eigenvalue weighted by molar-refractivity contribution is 0.0936. The molecule has 0 bridgehead atoms. The first-order chi connectivity index (χ1) is 10.8. The fourth-order valence-electron chi connectivity index (χ4n) is 2.93. The van der Waals surface area contributed by atoms with Crippen LogP contribution in [0.25, 0.3) is 11.4 Å². The molecule has 1 atom stereocenters. The Balaban J connectivity index is 1.60. The van der Waals surface area contributed by atoms with Crippen molar-refractivity contribution in [1.82, 2.24) is 25.4 Å². The van der Waals surface area contributed by atoms with Gasteiger partial charge in [-0.3, -0.25) is 19.8 Å². The Morgan fingerprint density at radius 3 is 3.14 bits per heavy atom. The third-order valence-corrected chi connectivity index (χ3v) is 4.15. The average Bonchev–Trinajstić information content (AvgIpc) is 3.22. The Hall–Kier alpha value is -2.21. The van der Waals surface area contributed by atoms with Gasteiger partial charge in [0.25, 0.3) is 5.91 Å². The highest BCUT2D eigenvalue weighted by Crippen LogP contribution is 2.16. The molecule has 0 aliphatic carbocycles. The summed E-state index contributed by atoms with van der Waals surface area (Å²) in [5, 5.41) is 9.95. The van der Waals surface area contributed by atoms with E-state index < -0.39 is 0 Å². The maximum Gasteiger partial charge on any atom is 0.269 e. The largest absolute Gasteiger partial charge is 0.349 e. The molecular weight excluding hydrogens is 278 g/mol. The standard InChI is InChI=1S/C16H21N5O/c1-2-21-9-5-6-12(21)11-18-16(22)15-10-14(19-20-15)13-7-3-4-8-17-13/h3-4,7-8,10,12H,2,5-6,9,11H2,1H3,(H,18,22)(H,19,20)/t12-/m0/s1. The van der Waals surface area contributed by atoms with Crippen LogP contribution >= 0.6 is 0 Å². The normalized spacial score (nSPS) is 18.5. The molecule has 3 rings (SSSR count). The van der Waals surface area contributed by atoms with Crippen molar-refractivity contribution in [1.29, 1.82) is 0 Å². The van der Waals surface area contributed by atoms with Gasteiger partial charge in [0.2, 0.25) is 0 Å². The molecule has 3 heterocycles. The van der Waals surface area contributed by atoms with Crippen LogP contribution in [0.2, 0.25) is 0 Å². The molecule has 0 spiro atoms. The molecule has 1 saturated heterocycles. The van der Waals surface area contributed by atoms with E-state index in [-0.39, 0.29) is 5.91 Å². The summed E-state index contributed by atoms with van der Waals surface area (Å²) >= 11 is 0. The lowest BCUT2D eigenvalue weighted by Gasteiger charge is -2.22. The van der Waals surface area contributed by atoms with Gasteiger partial charge in [-0.05, 0) is 44.1 Å². The molecule has 22 heavy (non-hydrogen) atoms. The molecule has 0 aromatic carbocycles. The van der Waals surface area contributed by atoms with Gasteiger partial charge >= 0.3 is 0 Å². The number of aromatic amines is 1. The van der Waals surface area contributed by atoms with Crippen LogP contribution in [-0.4, -0.2) is 51.7 Å². The van der Waals surface area contributed by atoms with Crippen LogP contribution in [0.15, 0.2) is 30.5 Å². The summed E-state index contributed by atoms with van der Waals surface area (Å²) in [5.74, 6) is -0.113. The van der Waals surface area contributed by atoms with Crippen molar-refractivity contribution in [3.63, 3.8) is 0 Å². The summed E-state index contributed by atoms with van der Waals surface area (Å²) in [6, 6.07) is 7.81. The molecule has 1 aliphatic heterocycles. The topological polar surface area (TPSA) is 73.9 Å². The van der Waals surface area contributed by atoms with E-state index in [0.29, 0.717) is 24.0 Å². The van der Waals surface area contributed by atoms with Gasteiger partial charge in [0, 0.05) is 18.8 Å². The molecule has 1 amide bonds. The Bertz CT molecular complexity index is 624. The van der Waals surface area contributed by atoms with E-state index in [0.717, 1.165) is 25.2 Å². The number of H-pyrrole nitrogens is 1. The highest BCUT2D eigenvalue weighted by atomic mass is 16.1. The summed E-state index contributed by atoms with van der Waals surface area (Å²) in [6.45, 7) is 5.01. The second-order valence-electron chi connectivity index (χ2n) is 5.52. The van der Waals surface area contributed by atoms with E-state index in [4.69, 9.17) is 0 Å². The van der Waals surface area contributed by atoms with Crippen LogP contribution in [0.1, 0.15) is 30.3 Å². The summed E-state index contributed by atoms with van der Waals surface area (Å²) in [4.78, 5) is 18.9. The second kappa shape index (κ2) is 6.70. The number of carbonyl (C=O) groups is 1. The van der Waals surface area contributed by atoms with Crippen LogP contribution in [0.5, 0.6) is 0 Å². The number of hydrogen-bond acceptors (Lipinski definition) is 4. The van der Waals surface area contributed by atoms with Crippen LogP contribution in [0.3, 0.4) is 0 Å². The van der Waals surface area contributed by atoms with Gasteiger partial charge in [-0.15, -0.1) is 0 Å². The summed E-state index contributed by atoms with van der Waals surface area (Å²) < 4.78 is 0.